The van der Waals surface area contributed by atoms with Gasteiger partial charge in [0.25, 0.3) is 0 Å². The molecule has 0 spiro atoms. The lowest BCUT2D eigenvalue weighted by atomic mass is 9.90. The summed E-state index contributed by atoms with van der Waals surface area (Å²) in [5, 5.41) is 17.5. The predicted molar refractivity (Wildman–Crippen MR) is 235 cm³/mol. The second-order valence-electron chi connectivity index (χ2n) is 16.2. The van der Waals surface area contributed by atoms with E-state index in [0.717, 1.165) is 66.8 Å². The first-order chi connectivity index (χ1) is 27.8. The Morgan fingerprint density at radius 1 is 0.719 bits per heavy atom. The van der Waals surface area contributed by atoms with Crippen molar-refractivity contribution in [2.45, 2.75) is 142 Å². The number of aliphatic hydroxyl groups is 1. The minimum Gasteiger partial charge on any atom is -0.493 e. The summed E-state index contributed by atoms with van der Waals surface area (Å²) in [5.74, 6) is 10.5. The number of hydrogen-bond donors (Lipinski definition) is 2. The first-order valence-corrected chi connectivity index (χ1v) is 22.1. The van der Waals surface area contributed by atoms with Crippen LogP contribution in [0, 0.1) is 40.8 Å². The highest BCUT2D eigenvalue weighted by molar-refractivity contribution is 5.79. The fourth-order valence-corrected chi connectivity index (χ4v) is 7.80. The molecule has 0 heterocycles. The Bertz CT molecular complexity index is 1670. The van der Waals surface area contributed by atoms with Crippen LogP contribution in [0.2, 0.25) is 0 Å². The average Bonchev–Trinajstić information content (AvgIpc) is 3.24. The molecule has 1 unspecified atom stereocenters. The summed E-state index contributed by atoms with van der Waals surface area (Å²) < 4.78 is 31.1. The number of ether oxygens (including phenoxy) is 3. The SMILES string of the molecule is CC(=N)CC(O)c1cccc(OCC2CCCCC2)c1.CC/C=C/c1cc(F)cc(OCC2CCCCC2)c1.CCC#Cc1cccc(OCC2CCCCC2)c1. The Morgan fingerprint density at radius 2 is 1.25 bits per heavy atom. The van der Waals surface area contributed by atoms with Crippen molar-refractivity contribution in [2.24, 2.45) is 17.8 Å². The Balaban J connectivity index is 0.000000190. The van der Waals surface area contributed by atoms with E-state index in [2.05, 4.69) is 25.7 Å². The van der Waals surface area contributed by atoms with E-state index in [0.29, 0.717) is 29.7 Å². The van der Waals surface area contributed by atoms with Gasteiger partial charge in [-0.05, 0) is 123 Å². The zero-order chi connectivity index (χ0) is 40.5. The van der Waals surface area contributed by atoms with E-state index < -0.39 is 6.10 Å². The fraction of sp³-hybridized carbons (Fsp3) is 0.549. The van der Waals surface area contributed by atoms with E-state index in [9.17, 15) is 9.50 Å². The fourth-order valence-electron chi connectivity index (χ4n) is 7.80. The highest BCUT2D eigenvalue weighted by atomic mass is 19.1. The maximum atomic E-state index is 13.5. The van der Waals surface area contributed by atoms with E-state index in [4.69, 9.17) is 19.6 Å². The van der Waals surface area contributed by atoms with E-state index in [1.54, 1.807) is 13.0 Å². The molecule has 2 N–H and O–H groups in total. The average molecular weight is 780 g/mol. The monoisotopic (exact) mass is 780 g/mol. The van der Waals surface area contributed by atoms with Crippen LogP contribution in [-0.4, -0.2) is 30.6 Å². The third kappa shape index (κ3) is 18.8. The summed E-state index contributed by atoms with van der Waals surface area (Å²) in [5.41, 5.74) is 3.25. The number of hydrogen-bond acceptors (Lipinski definition) is 5. The number of aliphatic hydroxyl groups excluding tert-OH is 1. The topological polar surface area (TPSA) is 71.8 Å². The molecule has 3 saturated carbocycles. The second kappa shape index (κ2) is 26.8. The van der Waals surface area contributed by atoms with Gasteiger partial charge in [-0.25, -0.2) is 4.39 Å². The largest absolute Gasteiger partial charge is 0.493 e. The van der Waals surface area contributed by atoms with Crippen LogP contribution >= 0.6 is 0 Å². The van der Waals surface area contributed by atoms with Gasteiger partial charge in [0, 0.05) is 30.2 Å². The molecule has 0 saturated heterocycles. The number of halogens is 1. The normalized spacial score (nSPS) is 16.9. The van der Waals surface area contributed by atoms with Crippen LogP contribution in [0.5, 0.6) is 17.2 Å². The third-order valence-electron chi connectivity index (χ3n) is 11.1. The molecule has 3 aliphatic rings. The summed E-state index contributed by atoms with van der Waals surface area (Å²) in [7, 11) is 0. The molecule has 3 aliphatic carbocycles. The van der Waals surface area contributed by atoms with Gasteiger partial charge < -0.3 is 24.7 Å². The van der Waals surface area contributed by atoms with Crippen LogP contribution in [0.25, 0.3) is 6.08 Å². The van der Waals surface area contributed by atoms with Crippen molar-refractivity contribution in [3.63, 3.8) is 0 Å². The Morgan fingerprint density at radius 3 is 1.77 bits per heavy atom. The molecule has 0 aromatic heterocycles. The van der Waals surface area contributed by atoms with Crippen molar-refractivity contribution in [3.05, 3.63) is 95.3 Å². The van der Waals surface area contributed by atoms with Gasteiger partial charge in [0.2, 0.25) is 0 Å². The van der Waals surface area contributed by atoms with E-state index in [1.165, 1.54) is 102 Å². The lowest BCUT2D eigenvalue weighted by Gasteiger charge is -2.22. The predicted octanol–water partition coefficient (Wildman–Crippen LogP) is 13.7. The number of allylic oxidation sites excluding steroid dienone is 1. The third-order valence-corrected chi connectivity index (χ3v) is 11.1. The molecule has 0 bridgehead atoms. The summed E-state index contributed by atoms with van der Waals surface area (Å²) in [6, 6.07) is 20.7. The van der Waals surface area contributed by atoms with Crippen molar-refractivity contribution in [3.8, 4) is 29.1 Å². The first kappa shape index (κ1) is 45.6. The molecule has 0 amide bonds. The summed E-state index contributed by atoms with van der Waals surface area (Å²) in [6.07, 6.45) is 25.4. The van der Waals surface area contributed by atoms with Gasteiger partial charge in [0.05, 0.1) is 25.9 Å². The lowest BCUT2D eigenvalue weighted by molar-refractivity contribution is 0.183. The zero-order valence-corrected chi connectivity index (χ0v) is 35.2. The first-order valence-electron chi connectivity index (χ1n) is 22.1. The molecule has 310 valence electrons. The van der Waals surface area contributed by atoms with Crippen molar-refractivity contribution in [1.29, 1.82) is 5.41 Å². The quantitative estimate of drug-likeness (QED) is 0.126. The smallest absolute Gasteiger partial charge is 0.127 e. The molecule has 6 heteroatoms. The Hall–Kier alpha value is -4.08. The molecule has 3 aromatic rings. The maximum Gasteiger partial charge on any atom is 0.127 e. The zero-order valence-electron chi connectivity index (χ0n) is 35.2. The molecule has 6 rings (SSSR count). The number of rotatable bonds is 14. The van der Waals surface area contributed by atoms with Crippen LogP contribution in [0.15, 0.2) is 72.8 Å². The standard InChI is InChI=1S/C17H23FO.C17H25NO2.C17H22O/c1-2-3-7-15-10-16(18)12-17(11-15)19-13-14-8-5-4-6-9-14;1-13(18)10-17(19)15-8-5-9-16(11-15)20-12-14-6-3-2-4-7-14;1-2-3-8-15-11-7-12-17(13-15)18-14-16-9-5-4-6-10-16/h3,7,10-12,14H,2,4-6,8-9,13H2,1H3;5,8-9,11,14,17-19H,2-4,6-7,10,12H2,1H3;7,11-13,16H,2,4-6,9-10,14H2,1H3/b7-3+;;. The van der Waals surface area contributed by atoms with Gasteiger partial charge in [-0.2, -0.15) is 0 Å². The highest BCUT2D eigenvalue weighted by Crippen LogP contribution is 2.28. The minimum absolute atomic E-state index is 0.225. The van der Waals surface area contributed by atoms with Crippen LogP contribution in [0.1, 0.15) is 159 Å². The van der Waals surface area contributed by atoms with Gasteiger partial charge in [0.15, 0.2) is 0 Å². The van der Waals surface area contributed by atoms with Crippen LogP contribution in [0.4, 0.5) is 4.39 Å². The number of nitrogens with one attached hydrogen (secondary N) is 1. The summed E-state index contributed by atoms with van der Waals surface area (Å²) >= 11 is 0. The summed E-state index contributed by atoms with van der Waals surface area (Å²) in [4.78, 5) is 0. The maximum absolute atomic E-state index is 13.5. The molecular weight excluding hydrogens is 710 g/mol. The van der Waals surface area contributed by atoms with Gasteiger partial charge in [0.1, 0.15) is 23.1 Å². The number of benzene rings is 3. The van der Waals surface area contributed by atoms with E-state index >= 15 is 0 Å². The van der Waals surface area contributed by atoms with Crippen LogP contribution in [-0.2, 0) is 0 Å². The van der Waals surface area contributed by atoms with Crippen molar-refractivity contribution < 1.29 is 23.7 Å². The van der Waals surface area contributed by atoms with E-state index in [-0.39, 0.29) is 5.82 Å². The molecule has 3 aromatic carbocycles. The van der Waals surface area contributed by atoms with Crippen molar-refractivity contribution in [2.75, 3.05) is 19.8 Å². The molecule has 1 atom stereocenters. The molecule has 0 aliphatic heterocycles. The van der Waals surface area contributed by atoms with Crippen LogP contribution < -0.4 is 14.2 Å². The van der Waals surface area contributed by atoms with Crippen molar-refractivity contribution in [1.82, 2.24) is 0 Å². The Labute approximate surface area is 344 Å². The van der Waals surface area contributed by atoms with Gasteiger partial charge in [-0.15, -0.1) is 0 Å². The van der Waals surface area contributed by atoms with Gasteiger partial charge in [-0.3, -0.25) is 0 Å². The minimum atomic E-state index is -0.606. The highest BCUT2D eigenvalue weighted by Gasteiger charge is 2.17. The lowest BCUT2D eigenvalue weighted by Crippen LogP contribution is -2.15. The molecule has 0 radical (unpaired) electrons. The summed E-state index contributed by atoms with van der Waals surface area (Å²) in [6.45, 7) is 8.22. The second-order valence-corrected chi connectivity index (χ2v) is 16.2. The molecule has 5 nitrogen and oxygen atoms in total. The van der Waals surface area contributed by atoms with Crippen molar-refractivity contribution >= 4 is 11.8 Å². The van der Waals surface area contributed by atoms with E-state index in [1.807, 2.05) is 66.7 Å². The molecular formula is C51H70FNO4. The molecule has 57 heavy (non-hydrogen) atoms. The van der Waals surface area contributed by atoms with Gasteiger partial charge >= 0.3 is 0 Å². The molecule has 3 fully saturated rings. The Kier molecular flexibility index (Phi) is 21.4. The van der Waals surface area contributed by atoms with Crippen LogP contribution in [0.3, 0.4) is 0 Å². The van der Waals surface area contributed by atoms with Gasteiger partial charge in [-0.1, -0.05) is 114 Å².